The SMILES string of the molecule is CC1CC(C)N(C[C@@H](C)N)C1. The van der Waals surface area contributed by atoms with Gasteiger partial charge in [0.1, 0.15) is 0 Å². The summed E-state index contributed by atoms with van der Waals surface area (Å²) >= 11 is 0. The maximum absolute atomic E-state index is 5.74. The van der Waals surface area contributed by atoms with Crippen molar-refractivity contribution in [2.24, 2.45) is 11.7 Å². The number of nitrogens with zero attached hydrogens (tertiary/aromatic N) is 1. The Morgan fingerprint density at radius 3 is 2.55 bits per heavy atom. The predicted octanol–water partition coefficient (Wildman–Crippen LogP) is 1.06. The van der Waals surface area contributed by atoms with Gasteiger partial charge in [0.25, 0.3) is 0 Å². The Balaban J connectivity index is 2.34. The Morgan fingerprint density at radius 2 is 2.18 bits per heavy atom. The van der Waals surface area contributed by atoms with Gasteiger partial charge in [-0.3, -0.25) is 4.90 Å². The van der Waals surface area contributed by atoms with E-state index in [1.165, 1.54) is 13.0 Å². The third kappa shape index (κ3) is 2.46. The first-order valence-corrected chi connectivity index (χ1v) is 4.59. The van der Waals surface area contributed by atoms with Crippen molar-refractivity contribution < 1.29 is 0 Å². The van der Waals surface area contributed by atoms with E-state index in [2.05, 4.69) is 25.7 Å². The molecule has 66 valence electrons. The lowest BCUT2D eigenvalue weighted by atomic mass is 10.1. The second kappa shape index (κ2) is 3.55. The van der Waals surface area contributed by atoms with Crippen molar-refractivity contribution in [2.45, 2.75) is 39.3 Å². The fourth-order valence-electron chi connectivity index (χ4n) is 2.01. The fourth-order valence-corrected chi connectivity index (χ4v) is 2.01. The minimum absolute atomic E-state index is 0.322. The lowest BCUT2D eigenvalue weighted by Crippen LogP contribution is -2.37. The highest BCUT2D eigenvalue weighted by Crippen LogP contribution is 2.21. The summed E-state index contributed by atoms with van der Waals surface area (Å²) in [6, 6.07) is 1.07. The van der Waals surface area contributed by atoms with Crippen LogP contribution in [0.1, 0.15) is 27.2 Å². The molecule has 2 heteroatoms. The molecule has 0 aliphatic carbocycles. The molecule has 11 heavy (non-hydrogen) atoms. The van der Waals surface area contributed by atoms with E-state index in [0.717, 1.165) is 18.5 Å². The molecule has 1 aliphatic heterocycles. The third-order valence-electron chi connectivity index (χ3n) is 2.44. The summed E-state index contributed by atoms with van der Waals surface area (Å²) in [5.41, 5.74) is 5.74. The lowest BCUT2D eigenvalue weighted by Gasteiger charge is -2.22. The van der Waals surface area contributed by atoms with Crippen LogP contribution in [0.15, 0.2) is 0 Å². The topological polar surface area (TPSA) is 29.3 Å². The molecule has 1 aliphatic rings. The molecular formula is C9H20N2. The molecule has 2 nitrogen and oxygen atoms in total. The molecule has 0 aromatic carbocycles. The molecule has 1 heterocycles. The van der Waals surface area contributed by atoms with Gasteiger partial charge in [0.05, 0.1) is 0 Å². The quantitative estimate of drug-likeness (QED) is 0.648. The first-order valence-electron chi connectivity index (χ1n) is 4.59. The molecule has 1 fully saturated rings. The van der Waals surface area contributed by atoms with Crippen molar-refractivity contribution in [1.29, 1.82) is 0 Å². The van der Waals surface area contributed by atoms with Crippen LogP contribution in [0.3, 0.4) is 0 Å². The van der Waals surface area contributed by atoms with Gasteiger partial charge in [-0.05, 0) is 26.2 Å². The molecule has 1 rings (SSSR count). The van der Waals surface area contributed by atoms with Gasteiger partial charge in [-0.15, -0.1) is 0 Å². The van der Waals surface area contributed by atoms with Crippen molar-refractivity contribution in [3.63, 3.8) is 0 Å². The van der Waals surface area contributed by atoms with Crippen molar-refractivity contribution in [3.8, 4) is 0 Å². The summed E-state index contributed by atoms with van der Waals surface area (Å²) in [5.74, 6) is 0.865. The zero-order valence-electron chi connectivity index (χ0n) is 7.88. The molecular weight excluding hydrogens is 136 g/mol. The van der Waals surface area contributed by atoms with E-state index >= 15 is 0 Å². The summed E-state index contributed by atoms with van der Waals surface area (Å²) in [7, 11) is 0. The van der Waals surface area contributed by atoms with Crippen LogP contribution < -0.4 is 5.73 Å². The summed E-state index contributed by atoms with van der Waals surface area (Å²) < 4.78 is 0. The largest absolute Gasteiger partial charge is 0.327 e. The van der Waals surface area contributed by atoms with E-state index in [4.69, 9.17) is 5.73 Å². The van der Waals surface area contributed by atoms with Crippen LogP contribution in [0.25, 0.3) is 0 Å². The highest BCUT2D eigenvalue weighted by Gasteiger charge is 2.25. The van der Waals surface area contributed by atoms with Gasteiger partial charge >= 0.3 is 0 Å². The van der Waals surface area contributed by atoms with E-state index in [0.29, 0.717) is 6.04 Å². The second-order valence-corrected chi connectivity index (χ2v) is 4.12. The molecule has 0 amide bonds. The molecule has 2 unspecified atom stereocenters. The molecule has 0 bridgehead atoms. The highest BCUT2D eigenvalue weighted by molar-refractivity contribution is 4.81. The van der Waals surface area contributed by atoms with Crippen molar-refractivity contribution in [1.82, 2.24) is 4.90 Å². The summed E-state index contributed by atoms with van der Waals surface area (Å²) in [6.45, 7) is 8.99. The zero-order valence-corrected chi connectivity index (χ0v) is 7.88. The molecule has 0 saturated carbocycles. The van der Waals surface area contributed by atoms with Crippen molar-refractivity contribution >= 4 is 0 Å². The van der Waals surface area contributed by atoms with E-state index in [1.54, 1.807) is 0 Å². The minimum atomic E-state index is 0.322. The Bertz CT molecular complexity index is 123. The standard InChI is InChI=1S/C9H20N2/c1-7-4-9(3)11(5-7)6-8(2)10/h7-9H,4-6,10H2,1-3H3/t7?,8-,9?/m1/s1. The van der Waals surface area contributed by atoms with E-state index in [-0.39, 0.29) is 0 Å². The van der Waals surface area contributed by atoms with Crippen LogP contribution in [-0.2, 0) is 0 Å². The maximum Gasteiger partial charge on any atom is 0.0139 e. The Morgan fingerprint density at radius 1 is 1.55 bits per heavy atom. The molecule has 0 spiro atoms. The van der Waals surface area contributed by atoms with Crippen LogP contribution in [-0.4, -0.2) is 30.1 Å². The van der Waals surface area contributed by atoms with Crippen LogP contribution in [0.2, 0.25) is 0 Å². The summed E-state index contributed by atoms with van der Waals surface area (Å²) in [6.07, 6.45) is 1.34. The van der Waals surface area contributed by atoms with Crippen molar-refractivity contribution in [2.75, 3.05) is 13.1 Å². The number of hydrogen-bond donors (Lipinski definition) is 1. The average Bonchev–Trinajstić information content (AvgIpc) is 2.09. The number of nitrogens with two attached hydrogens (primary N) is 1. The minimum Gasteiger partial charge on any atom is -0.327 e. The van der Waals surface area contributed by atoms with Crippen LogP contribution in [0.5, 0.6) is 0 Å². The first-order chi connectivity index (χ1) is 5.09. The van der Waals surface area contributed by atoms with Crippen molar-refractivity contribution in [3.05, 3.63) is 0 Å². The second-order valence-electron chi connectivity index (χ2n) is 4.12. The maximum atomic E-state index is 5.74. The zero-order chi connectivity index (χ0) is 8.43. The predicted molar refractivity (Wildman–Crippen MR) is 48.5 cm³/mol. The normalized spacial score (nSPS) is 36.0. The highest BCUT2D eigenvalue weighted by atomic mass is 15.2. The lowest BCUT2D eigenvalue weighted by molar-refractivity contribution is 0.253. The van der Waals surface area contributed by atoms with Crippen LogP contribution >= 0.6 is 0 Å². The van der Waals surface area contributed by atoms with E-state index < -0.39 is 0 Å². The monoisotopic (exact) mass is 156 g/mol. The molecule has 3 atom stereocenters. The van der Waals surface area contributed by atoms with Gasteiger partial charge in [0, 0.05) is 25.2 Å². The number of hydrogen-bond acceptors (Lipinski definition) is 2. The number of likely N-dealkylation sites (tertiary alicyclic amines) is 1. The third-order valence-corrected chi connectivity index (χ3v) is 2.44. The van der Waals surface area contributed by atoms with Crippen LogP contribution in [0, 0.1) is 5.92 Å². The smallest absolute Gasteiger partial charge is 0.0139 e. The summed E-state index contributed by atoms with van der Waals surface area (Å²) in [4.78, 5) is 2.50. The van der Waals surface area contributed by atoms with E-state index in [9.17, 15) is 0 Å². The van der Waals surface area contributed by atoms with Gasteiger partial charge in [0.2, 0.25) is 0 Å². The molecule has 1 saturated heterocycles. The Kier molecular flexibility index (Phi) is 2.90. The van der Waals surface area contributed by atoms with Gasteiger partial charge in [-0.2, -0.15) is 0 Å². The van der Waals surface area contributed by atoms with Gasteiger partial charge in [-0.25, -0.2) is 0 Å². The average molecular weight is 156 g/mol. The van der Waals surface area contributed by atoms with Gasteiger partial charge < -0.3 is 5.73 Å². The van der Waals surface area contributed by atoms with Gasteiger partial charge in [0.15, 0.2) is 0 Å². The first kappa shape index (κ1) is 9.01. The molecule has 0 aromatic rings. The number of rotatable bonds is 2. The Hall–Kier alpha value is -0.0800. The Labute approximate surface area is 69.8 Å². The van der Waals surface area contributed by atoms with E-state index in [1.807, 2.05) is 0 Å². The molecule has 0 aromatic heterocycles. The van der Waals surface area contributed by atoms with Gasteiger partial charge in [-0.1, -0.05) is 6.92 Å². The molecule has 0 radical (unpaired) electrons. The molecule has 2 N–H and O–H groups in total. The van der Waals surface area contributed by atoms with Crippen LogP contribution in [0.4, 0.5) is 0 Å². The summed E-state index contributed by atoms with van der Waals surface area (Å²) in [5, 5.41) is 0. The fraction of sp³-hybridized carbons (Fsp3) is 1.00.